The van der Waals surface area contributed by atoms with Crippen molar-refractivity contribution >= 4 is 23.6 Å². The smallest absolute Gasteiger partial charge is 0.405 e. The number of rotatable bonds is 6. The van der Waals surface area contributed by atoms with Crippen LogP contribution in [0.5, 0.6) is 0 Å². The number of methoxy groups -OCH3 is 2. The van der Waals surface area contributed by atoms with Crippen molar-refractivity contribution in [2.45, 2.75) is 65.0 Å². The Labute approximate surface area is 247 Å². The quantitative estimate of drug-likeness (QED) is 0.271. The zero-order valence-electron chi connectivity index (χ0n) is 25.1. The van der Waals surface area contributed by atoms with Gasteiger partial charge in [-0.05, 0) is 38.2 Å². The van der Waals surface area contributed by atoms with Gasteiger partial charge in [-0.15, -0.1) is 6.58 Å². The second-order valence-corrected chi connectivity index (χ2v) is 10.6. The fourth-order valence-corrected chi connectivity index (χ4v) is 4.95. The number of hydrogen-bond donors (Lipinski definition) is 4. The molecule has 0 radical (unpaired) electrons. The van der Waals surface area contributed by atoms with Gasteiger partial charge in [-0.1, -0.05) is 44.2 Å². The molecule has 0 saturated carbocycles. The lowest BCUT2D eigenvalue weighted by Gasteiger charge is -2.30. The van der Waals surface area contributed by atoms with E-state index in [9.17, 15) is 24.3 Å². The molecule has 0 saturated heterocycles. The SMILES string of the molecule is C=CCNC1=C2C[C@@H](C)C[C@@H](OC)[C@@H](O)[C@H](C)/C=C(/C)[C@@H](OC(N)=O)[C@H](OC)/C=C\C=C(/C)C(=O)NC(=CC1=O)C2=O. The van der Waals surface area contributed by atoms with Crippen LogP contribution in [0.4, 0.5) is 4.79 Å². The van der Waals surface area contributed by atoms with E-state index in [-0.39, 0.29) is 41.4 Å². The summed E-state index contributed by atoms with van der Waals surface area (Å²) in [7, 11) is 2.92. The number of primary amides is 1. The lowest BCUT2D eigenvalue weighted by atomic mass is 9.85. The van der Waals surface area contributed by atoms with Crippen LogP contribution in [0.25, 0.3) is 0 Å². The second kappa shape index (κ2) is 16.0. The Bertz CT molecular complexity index is 1210. The maximum atomic E-state index is 13.5. The Morgan fingerprint density at radius 1 is 1.21 bits per heavy atom. The topological polar surface area (TPSA) is 166 Å². The molecule has 1 heterocycles. The molecule has 230 valence electrons. The Morgan fingerprint density at radius 3 is 2.50 bits per heavy atom. The van der Waals surface area contributed by atoms with Crippen LogP contribution in [0.15, 0.2) is 71.1 Å². The van der Waals surface area contributed by atoms with Gasteiger partial charge < -0.3 is 35.7 Å². The summed E-state index contributed by atoms with van der Waals surface area (Å²) in [6, 6.07) is 0. The average molecular weight is 586 g/mol. The molecule has 1 aliphatic carbocycles. The van der Waals surface area contributed by atoms with Crippen molar-refractivity contribution in [1.29, 1.82) is 0 Å². The molecule has 2 amide bonds. The zero-order chi connectivity index (χ0) is 31.6. The number of ether oxygens (including phenoxy) is 3. The highest BCUT2D eigenvalue weighted by atomic mass is 16.6. The van der Waals surface area contributed by atoms with Crippen molar-refractivity contribution < 1.29 is 38.5 Å². The average Bonchev–Trinajstić information content (AvgIpc) is 2.94. The van der Waals surface area contributed by atoms with Crippen LogP contribution in [-0.2, 0) is 28.6 Å². The van der Waals surface area contributed by atoms with E-state index >= 15 is 0 Å². The Kier molecular flexibility index (Phi) is 13.1. The molecule has 0 spiro atoms. The molecular formula is C31H43N3O8. The van der Waals surface area contributed by atoms with Crippen molar-refractivity contribution in [2.75, 3.05) is 20.8 Å². The molecule has 1 aliphatic heterocycles. The van der Waals surface area contributed by atoms with Gasteiger partial charge in [-0.3, -0.25) is 14.4 Å². The molecule has 2 bridgehead atoms. The molecule has 11 heteroatoms. The van der Waals surface area contributed by atoms with E-state index in [1.807, 2.05) is 6.92 Å². The van der Waals surface area contributed by atoms with Gasteiger partial charge in [0, 0.05) is 43.9 Å². The van der Waals surface area contributed by atoms with Crippen molar-refractivity contribution in [3.63, 3.8) is 0 Å². The summed E-state index contributed by atoms with van der Waals surface area (Å²) >= 11 is 0. The third-order valence-electron chi connectivity index (χ3n) is 7.22. The number of aliphatic hydroxyl groups is 1. The number of nitrogens with two attached hydrogens (primary N) is 1. The fourth-order valence-electron chi connectivity index (χ4n) is 4.95. The van der Waals surface area contributed by atoms with E-state index in [0.29, 0.717) is 12.0 Å². The number of Topliss-reactive ketones (excluding diaryl/α,β-unsaturated/α-hetero) is 1. The Hall–Kier alpha value is -3.80. The van der Waals surface area contributed by atoms with E-state index in [1.54, 1.807) is 45.1 Å². The van der Waals surface area contributed by atoms with Gasteiger partial charge in [-0.2, -0.15) is 0 Å². The first-order valence-electron chi connectivity index (χ1n) is 13.8. The third kappa shape index (κ3) is 9.10. The summed E-state index contributed by atoms with van der Waals surface area (Å²) in [5.41, 5.74) is 6.42. The highest BCUT2D eigenvalue weighted by Gasteiger charge is 2.33. The summed E-state index contributed by atoms with van der Waals surface area (Å²) in [5.74, 6) is -2.14. The van der Waals surface area contributed by atoms with Crippen molar-refractivity contribution in [3.05, 3.63) is 71.1 Å². The summed E-state index contributed by atoms with van der Waals surface area (Å²) in [6.07, 6.45) is 5.34. The Balaban J connectivity index is 2.62. The molecular weight excluding hydrogens is 542 g/mol. The molecule has 2 aliphatic rings. The van der Waals surface area contributed by atoms with Crippen LogP contribution in [0, 0.1) is 11.8 Å². The zero-order valence-corrected chi connectivity index (χ0v) is 25.1. The normalized spacial score (nSPS) is 31.6. The van der Waals surface area contributed by atoms with Crippen LogP contribution in [-0.4, -0.2) is 73.9 Å². The van der Waals surface area contributed by atoms with E-state index in [1.165, 1.54) is 20.3 Å². The van der Waals surface area contributed by atoms with E-state index in [4.69, 9.17) is 19.9 Å². The van der Waals surface area contributed by atoms with E-state index in [0.717, 1.165) is 6.08 Å². The number of hydrogen-bond acceptors (Lipinski definition) is 9. The van der Waals surface area contributed by atoms with E-state index in [2.05, 4.69) is 17.2 Å². The summed E-state index contributed by atoms with van der Waals surface area (Å²) in [5, 5.41) is 16.7. The summed E-state index contributed by atoms with van der Waals surface area (Å²) < 4.78 is 16.6. The number of aliphatic hydroxyl groups excluding tert-OH is 1. The number of allylic oxidation sites excluding steroid dienone is 4. The molecule has 0 aromatic rings. The molecule has 42 heavy (non-hydrogen) atoms. The molecule has 5 N–H and O–H groups in total. The maximum Gasteiger partial charge on any atom is 0.405 e. The van der Waals surface area contributed by atoms with Gasteiger partial charge in [0.05, 0.1) is 23.6 Å². The molecule has 0 unspecified atom stereocenters. The Morgan fingerprint density at radius 2 is 1.90 bits per heavy atom. The number of nitrogens with one attached hydrogen (secondary N) is 2. The largest absolute Gasteiger partial charge is 0.439 e. The predicted octanol–water partition coefficient (Wildman–Crippen LogP) is 2.54. The van der Waals surface area contributed by atoms with Crippen LogP contribution >= 0.6 is 0 Å². The van der Waals surface area contributed by atoms with Crippen LogP contribution in [0.2, 0.25) is 0 Å². The maximum absolute atomic E-state index is 13.5. The standard InChI is InChI=1S/C31H43N3O8/c1-8-12-33-26-21-13-17(2)14-25(41-7)27(36)19(4)15-20(5)29(42-31(32)39)24(40-6)11-9-10-18(3)30(38)34-22(28(21)37)16-23(26)35/h8-11,15-17,19,24-25,27,29,33,36H,1,12-14H2,2-7H3,(H2,32,39)(H,34,38)/b11-9-,18-10+,20-15-/t17-,19-,24-,25-,27+,29-/m1/s1. The molecule has 2 rings (SSSR count). The van der Waals surface area contributed by atoms with Gasteiger partial charge in [0.15, 0.2) is 6.10 Å². The minimum absolute atomic E-state index is 0.132. The van der Waals surface area contributed by atoms with Crippen molar-refractivity contribution in [1.82, 2.24) is 10.6 Å². The monoisotopic (exact) mass is 585 g/mol. The number of carbonyl (C=O) groups is 4. The molecule has 0 aromatic carbocycles. The van der Waals surface area contributed by atoms with Crippen LogP contribution in [0.3, 0.4) is 0 Å². The molecule has 0 fully saturated rings. The van der Waals surface area contributed by atoms with E-state index < -0.39 is 53.9 Å². The van der Waals surface area contributed by atoms with Crippen molar-refractivity contribution in [3.8, 4) is 0 Å². The molecule has 6 atom stereocenters. The van der Waals surface area contributed by atoms with Gasteiger partial charge in [0.1, 0.15) is 6.10 Å². The fraction of sp³-hybridized carbons (Fsp3) is 0.484. The minimum Gasteiger partial charge on any atom is -0.439 e. The molecule has 11 nitrogen and oxygen atoms in total. The molecule has 0 aromatic heterocycles. The van der Waals surface area contributed by atoms with Gasteiger partial charge in [0.2, 0.25) is 11.6 Å². The third-order valence-corrected chi connectivity index (χ3v) is 7.22. The minimum atomic E-state index is -1.00. The summed E-state index contributed by atoms with van der Waals surface area (Å²) in [6.45, 7) is 10.9. The first kappa shape index (κ1) is 34.4. The first-order chi connectivity index (χ1) is 19.8. The number of fused-ring (bicyclic) bond motifs is 2. The highest BCUT2D eigenvalue weighted by molar-refractivity contribution is 6.23. The highest BCUT2D eigenvalue weighted by Crippen LogP contribution is 2.28. The number of carbonyl (C=O) groups excluding carboxylic acids is 4. The van der Waals surface area contributed by atoms with Crippen LogP contribution in [0.1, 0.15) is 40.5 Å². The first-order valence-corrected chi connectivity index (χ1v) is 13.8. The predicted molar refractivity (Wildman–Crippen MR) is 158 cm³/mol. The lowest BCUT2D eigenvalue weighted by molar-refractivity contribution is -0.120. The lowest BCUT2D eigenvalue weighted by Crippen LogP contribution is -2.37. The van der Waals surface area contributed by atoms with Gasteiger partial charge in [-0.25, -0.2) is 4.79 Å². The number of amides is 2. The summed E-state index contributed by atoms with van der Waals surface area (Å²) in [4.78, 5) is 51.3. The van der Waals surface area contributed by atoms with Gasteiger partial charge >= 0.3 is 6.09 Å². The second-order valence-electron chi connectivity index (χ2n) is 10.6. The van der Waals surface area contributed by atoms with Crippen LogP contribution < -0.4 is 16.4 Å². The number of ketones is 2. The van der Waals surface area contributed by atoms with Gasteiger partial charge in [0.25, 0.3) is 5.91 Å². The van der Waals surface area contributed by atoms with Crippen molar-refractivity contribution in [2.24, 2.45) is 17.6 Å².